The Bertz CT molecular complexity index is 650. The molecule has 3 rings (SSSR count). The molecule has 0 saturated heterocycles. The molecule has 0 saturated carbocycles. The van der Waals surface area contributed by atoms with Gasteiger partial charge in [0.1, 0.15) is 5.75 Å². The molecule has 1 aliphatic rings. The lowest BCUT2D eigenvalue weighted by molar-refractivity contribution is -0.127. The molecule has 2 nitrogen and oxygen atoms in total. The van der Waals surface area contributed by atoms with E-state index in [2.05, 4.69) is 5.32 Å². The number of hydrogen-bond donors (Lipinski definition) is 1. The van der Waals surface area contributed by atoms with Gasteiger partial charge in [-0.05, 0) is 42.2 Å². The molecule has 1 N–H and O–H groups in total. The number of hydrogen-bond acceptors (Lipinski definition) is 2. The van der Waals surface area contributed by atoms with Crippen LogP contribution in [0.2, 0.25) is 0 Å². The minimum absolute atomic E-state index is 0.256. The molecule has 0 bridgehead atoms. The van der Waals surface area contributed by atoms with Crippen molar-refractivity contribution in [3.05, 3.63) is 53.6 Å². The summed E-state index contributed by atoms with van der Waals surface area (Å²) in [5.41, 5.74) is 3.06. The van der Waals surface area contributed by atoms with Crippen LogP contribution in [0.3, 0.4) is 0 Å². The second-order valence-electron chi connectivity index (χ2n) is 5.39. The maximum Gasteiger partial charge on any atom is 0.393 e. The van der Waals surface area contributed by atoms with Gasteiger partial charge in [0.2, 0.25) is 0 Å². The van der Waals surface area contributed by atoms with E-state index in [1.165, 1.54) is 17.7 Å². The fourth-order valence-electron chi connectivity index (χ4n) is 2.52. The van der Waals surface area contributed by atoms with Crippen molar-refractivity contribution in [2.45, 2.75) is 25.4 Å². The molecule has 2 aromatic carbocycles. The fraction of sp³-hybridized carbons (Fsp3) is 0.294. The summed E-state index contributed by atoms with van der Waals surface area (Å²) < 4.78 is 42.6. The van der Waals surface area contributed by atoms with E-state index in [0.29, 0.717) is 0 Å². The van der Waals surface area contributed by atoms with E-state index in [-0.39, 0.29) is 5.56 Å². The molecule has 0 radical (unpaired) electrons. The minimum Gasteiger partial charge on any atom is -0.493 e. The van der Waals surface area contributed by atoms with Gasteiger partial charge in [-0.3, -0.25) is 0 Å². The Kier molecular flexibility index (Phi) is 3.96. The second kappa shape index (κ2) is 5.91. The number of halogens is 3. The van der Waals surface area contributed by atoms with Crippen LogP contribution in [0, 0.1) is 0 Å². The van der Waals surface area contributed by atoms with E-state index in [1.54, 1.807) is 12.1 Å². The Morgan fingerprint density at radius 3 is 2.45 bits per heavy atom. The van der Waals surface area contributed by atoms with Crippen molar-refractivity contribution >= 4 is 11.4 Å². The fourth-order valence-corrected chi connectivity index (χ4v) is 2.52. The Morgan fingerprint density at radius 1 is 1.00 bits per heavy atom. The quantitative estimate of drug-likeness (QED) is 0.874. The molecule has 0 aliphatic carbocycles. The number of rotatable bonds is 3. The summed E-state index contributed by atoms with van der Waals surface area (Å²) in [7, 11) is 0. The molecule has 0 atom stereocenters. The third-order valence-electron chi connectivity index (χ3n) is 3.56. The van der Waals surface area contributed by atoms with E-state index < -0.39 is 12.6 Å². The highest BCUT2D eigenvalue weighted by Gasteiger charge is 2.27. The van der Waals surface area contributed by atoms with Crippen LogP contribution < -0.4 is 10.1 Å². The van der Waals surface area contributed by atoms with Gasteiger partial charge in [-0.15, -0.1) is 0 Å². The summed E-state index contributed by atoms with van der Waals surface area (Å²) in [6.45, 7) is 0.725. The highest BCUT2D eigenvalue weighted by molar-refractivity contribution is 5.62. The molecule has 22 heavy (non-hydrogen) atoms. The van der Waals surface area contributed by atoms with Gasteiger partial charge in [0.15, 0.2) is 0 Å². The molecule has 0 spiro atoms. The average molecular weight is 307 g/mol. The zero-order valence-corrected chi connectivity index (χ0v) is 11.9. The summed E-state index contributed by atoms with van der Waals surface area (Å²) in [5.74, 6) is 0.880. The normalized spacial score (nSPS) is 14.1. The maximum absolute atomic E-state index is 12.3. The first kappa shape index (κ1) is 14.8. The van der Waals surface area contributed by atoms with Gasteiger partial charge in [0, 0.05) is 17.4 Å². The molecule has 116 valence electrons. The Hall–Kier alpha value is -2.17. The molecule has 1 heterocycles. The highest BCUT2D eigenvalue weighted by atomic mass is 19.4. The number of anilines is 2. The zero-order chi connectivity index (χ0) is 15.6. The van der Waals surface area contributed by atoms with Crippen molar-refractivity contribution in [2.75, 3.05) is 11.9 Å². The number of fused-ring (bicyclic) bond motifs is 1. The largest absolute Gasteiger partial charge is 0.493 e. The van der Waals surface area contributed by atoms with Gasteiger partial charge in [-0.1, -0.05) is 18.2 Å². The molecule has 0 aromatic heterocycles. The number of aryl methyl sites for hydroxylation is 1. The molecule has 0 unspecified atom stereocenters. The van der Waals surface area contributed by atoms with Crippen LogP contribution in [0.25, 0.3) is 0 Å². The first-order valence-electron chi connectivity index (χ1n) is 7.18. The van der Waals surface area contributed by atoms with Crippen LogP contribution in [-0.2, 0) is 12.8 Å². The lowest BCUT2D eigenvalue weighted by atomic mass is 10.1. The van der Waals surface area contributed by atoms with Crippen molar-refractivity contribution in [3.8, 4) is 5.75 Å². The predicted octanol–water partition coefficient (Wildman–Crippen LogP) is 4.86. The van der Waals surface area contributed by atoms with Gasteiger partial charge in [-0.25, -0.2) is 0 Å². The average Bonchev–Trinajstić information content (AvgIpc) is 2.48. The summed E-state index contributed by atoms with van der Waals surface area (Å²) in [6, 6.07) is 12.2. The third kappa shape index (κ3) is 3.72. The van der Waals surface area contributed by atoms with Gasteiger partial charge in [0.25, 0.3) is 0 Å². The first-order chi connectivity index (χ1) is 10.5. The minimum atomic E-state index is -4.18. The van der Waals surface area contributed by atoms with Crippen LogP contribution in [0.5, 0.6) is 5.75 Å². The van der Waals surface area contributed by atoms with Gasteiger partial charge >= 0.3 is 6.18 Å². The smallest absolute Gasteiger partial charge is 0.393 e. The van der Waals surface area contributed by atoms with Gasteiger partial charge in [0.05, 0.1) is 13.0 Å². The van der Waals surface area contributed by atoms with Gasteiger partial charge in [-0.2, -0.15) is 13.2 Å². The van der Waals surface area contributed by atoms with Crippen molar-refractivity contribution in [3.63, 3.8) is 0 Å². The molecule has 0 fully saturated rings. The zero-order valence-electron chi connectivity index (χ0n) is 11.9. The number of nitrogens with one attached hydrogen (secondary N) is 1. The van der Waals surface area contributed by atoms with Crippen LogP contribution in [0.1, 0.15) is 17.5 Å². The van der Waals surface area contributed by atoms with Crippen molar-refractivity contribution < 1.29 is 17.9 Å². The Morgan fingerprint density at radius 2 is 1.73 bits per heavy atom. The van der Waals surface area contributed by atoms with E-state index >= 15 is 0 Å². The Balaban J connectivity index is 1.70. The molecule has 5 heteroatoms. The summed E-state index contributed by atoms with van der Waals surface area (Å²) in [6.07, 6.45) is -3.03. The van der Waals surface area contributed by atoms with Crippen molar-refractivity contribution in [1.29, 1.82) is 0 Å². The molecule has 1 aliphatic heterocycles. The molecule has 2 aromatic rings. The molecule has 0 amide bonds. The topological polar surface area (TPSA) is 21.3 Å². The van der Waals surface area contributed by atoms with Crippen molar-refractivity contribution in [2.24, 2.45) is 0 Å². The standard InChI is InChI=1S/C17H16F3NO/c18-17(19,20)11-12-3-6-14(7-4-12)21-15-8-5-13-2-1-9-22-16(13)10-15/h3-8,10,21H,1-2,9,11H2. The van der Waals surface area contributed by atoms with E-state index in [1.807, 2.05) is 18.2 Å². The maximum atomic E-state index is 12.3. The lowest BCUT2D eigenvalue weighted by Crippen LogP contribution is -2.11. The number of benzene rings is 2. The molecular weight excluding hydrogens is 291 g/mol. The van der Waals surface area contributed by atoms with Crippen molar-refractivity contribution in [1.82, 2.24) is 0 Å². The SMILES string of the molecule is FC(F)(F)Cc1ccc(Nc2ccc3c(c2)OCCC3)cc1. The van der Waals surface area contributed by atoms with Crippen LogP contribution >= 0.6 is 0 Å². The van der Waals surface area contributed by atoms with Crippen LogP contribution in [-0.4, -0.2) is 12.8 Å². The monoisotopic (exact) mass is 307 g/mol. The Labute approximate surface area is 126 Å². The summed E-state index contributed by atoms with van der Waals surface area (Å²) in [4.78, 5) is 0. The van der Waals surface area contributed by atoms with Gasteiger partial charge < -0.3 is 10.1 Å². The number of ether oxygens (including phenoxy) is 1. The first-order valence-corrected chi connectivity index (χ1v) is 7.18. The van der Waals surface area contributed by atoms with Crippen LogP contribution in [0.4, 0.5) is 24.5 Å². The lowest BCUT2D eigenvalue weighted by Gasteiger charge is -2.18. The van der Waals surface area contributed by atoms with Crippen LogP contribution in [0.15, 0.2) is 42.5 Å². The number of alkyl halides is 3. The predicted molar refractivity (Wildman–Crippen MR) is 79.7 cm³/mol. The van der Waals surface area contributed by atoms with E-state index in [0.717, 1.165) is 36.6 Å². The summed E-state index contributed by atoms with van der Waals surface area (Å²) in [5, 5.41) is 3.18. The van der Waals surface area contributed by atoms with E-state index in [4.69, 9.17) is 4.74 Å². The highest BCUT2D eigenvalue weighted by Crippen LogP contribution is 2.29. The third-order valence-corrected chi connectivity index (χ3v) is 3.56. The van der Waals surface area contributed by atoms with E-state index in [9.17, 15) is 13.2 Å². The molecular formula is C17H16F3NO. The summed E-state index contributed by atoms with van der Waals surface area (Å²) >= 11 is 0. The second-order valence-corrected chi connectivity index (χ2v) is 5.39.